The zero-order valence-corrected chi connectivity index (χ0v) is 12.9. The van der Waals surface area contributed by atoms with E-state index in [1.54, 1.807) is 6.07 Å². The maximum Gasteiger partial charge on any atom is 0.123 e. The normalized spacial score (nSPS) is 11.8. The molecular formula is C17H28FN. The fraction of sp³-hybridized carbons (Fsp3) is 0.647. The Morgan fingerprint density at radius 3 is 2.58 bits per heavy atom. The third-order valence-corrected chi connectivity index (χ3v) is 3.68. The van der Waals surface area contributed by atoms with Crippen molar-refractivity contribution in [3.8, 4) is 0 Å². The first kappa shape index (κ1) is 16.2. The van der Waals surface area contributed by atoms with Gasteiger partial charge < -0.3 is 5.32 Å². The van der Waals surface area contributed by atoms with Gasteiger partial charge in [0.25, 0.3) is 0 Å². The van der Waals surface area contributed by atoms with Gasteiger partial charge in [0.05, 0.1) is 0 Å². The Kier molecular flexibility index (Phi) is 6.50. The first-order valence-electron chi connectivity index (χ1n) is 7.40. The van der Waals surface area contributed by atoms with E-state index in [0.717, 1.165) is 18.7 Å². The Labute approximate surface area is 117 Å². The molecule has 1 rings (SSSR count). The van der Waals surface area contributed by atoms with Gasteiger partial charge in [-0.15, -0.1) is 0 Å². The first-order valence-corrected chi connectivity index (χ1v) is 7.40. The van der Waals surface area contributed by atoms with Crippen molar-refractivity contribution in [2.75, 3.05) is 6.54 Å². The van der Waals surface area contributed by atoms with Crippen molar-refractivity contribution in [3.05, 3.63) is 35.1 Å². The van der Waals surface area contributed by atoms with Gasteiger partial charge in [-0.3, -0.25) is 0 Å². The van der Waals surface area contributed by atoms with Crippen molar-refractivity contribution < 1.29 is 4.39 Å². The highest BCUT2D eigenvalue weighted by Gasteiger charge is 2.16. The number of unbranched alkanes of at least 4 members (excludes halogenated alkanes) is 2. The molecule has 0 aliphatic carbocycles. The van der Waals surface area contributed by atoms with Crippen LogP contribution < -0.4 is 5.32 Å². The van der Waals surface area contributed by atoms with Crippen molar-refractivity contribution in [1.29, 1.82) is 0 Å². The van der Waals surface area contributed by atoms with E-state index in [9.17, 15) is 4.39 Å². The molecule has 0 saturated heterocycles. The van der Waals surface area contributed by atoms with Crippen molar-refractivity contribution in [3.63, 3.8) is 0 Å². The lowest BCUT2D eigenvalue weighted by atomic mass is 9.87. The van der Waals surface area contributed by atoms with Gasteiger partial charge in [-0.25, -0.2) is 4.39 Å². The van der Waals surface area contributed by atoms with Crippen LogP contribution in [0.1, 0.15) is 57.6 Å². The zero-order valence-electron chi connectivity index (χ0n) is 12.9. The highest BCUT2D eigenvalue weighted by molar-refractivity contribution is 5.26. The van der Waals surface area contributed by atoms with Crippen LogP contribution in [-0.4, -0.2) is 6.54 Å². The summed E-state index contributed by atoms with van der Waals surface area (Å²) in [5.41, 5.74) is 2.55. The SMILES string of the molecule is CCCCCC(C)(C)CNCc1ccc(F)cc1C. The second-order valence-corrected chi connectivity index (χ2v) is 6.30. The number of nitrogens with one attached hydrogen (secondary N) is 1. The third kappa shape index (κ3) is 6.20. The van der Waals surface area contributed by atoms with Crippen LogP contribution in [0.4, 0.5) is 4.39 Å². The molecular weight excluding hydrogens is 237 g/mol. The van der Waals surface area contributed by atoms with Crippen LogP contribution in [0.15, 0.2) is 18.2 Å². The van der Waals surface area contributed by atoms with E-state index in [2.05, 4.69) is 26.1 Å². The van der Waals surface area contributed by atoms with Gasteiger partial charge in [0.15, 0.2) is 0 Å². The molecule has 0 aliphatic heterocycles. The predicted octanol–water partition coefficient (Wildman–Crippen LogP) is 4.83. The van der Waals surface area contributed by atoms with Crippen LogP contribution in [0.5, 0.6) is 0 Å². The van der Waals surface area contributed by atoms with Gasteiger partial charge >= 0.3 is 0 Å². The molecule has 0 radical (unpaired) electrons. The molecule has 19 heavy (non-hydrogen) atoms. The Balaban J connectivity index is 2.36. The fourth-order valence-electron chi connectivity index (χ4n) is 2.34. The highest BCUT2D eigenvalue weighted by Crippen LogP contribution is 2.23. The molecule has 108 valence electrons. The van der Waals surface area contributed by atoms with E-state index < -0.39 is 0 Å². The molecule has 0 heterocycles. The minimum Gasteiger partial charge on any atom is -0.312 e. The summed E-state index contributed by atoms with van der Waals surface area (Å²) in [6.45, 7) is 10.7. The Hall–Kier alpha value is -0.890. The first-order chi connectivity index (χ1) is 8.94. The van der Waals surface area contributed by atoms with E-state index in [1.165, 1.54) is 37.3 Å². The molecule has 0 atom stereocenters. The molecule has 2 heteroatoms. The molecule has 0 saturated carbocycles. The molecule has 1 N–H and O–H groups in total. The lowest BCUT2D eigenvalue weighted by molar-refractivity contribution is 0.302. The standard InChI is InChI=1S/C17H28FN/c1-5-6-7-10-17(3,4)13-19-12-15-8-9-16(18)11-14(15)2/h8-9,11,19H,5-7,10,12-13H2,1-4H3. The molecule has 1 aromatic rings. The van der Waals surface area contributed by atoms with Crippen LogP contribution in [0.2, 0.25) is 0 Å². The number of benzene rings is 1. The fourth-order valence-corrected chi connectivity index (χ4v) is 2.34. The summed E-state index contributed by atoms with van der Waals surface area (Å²) >= 11 is 0. The number of hydrogen-bond donors (Lipinski definition) is 1. The van der Waals surface area contributed by atoms with E-state index in [4.69, 9.17) is 0 Å². The van der Waals surface area contributed by atoms with Crippen LogP contribution in [0.25, 0.3) is 0 Å². The summed E-state index contributed by atoms with van der Waals surface area (Å²) < 4.78 is 13.0. The number of aryl methyl sites for hydroxylation is 1. The summed E-state index contributed by atoms with van der Waals surface area (Å²) in [5, 5.41) is 3.51. The Bertz CT molecular complexity index is 385. The number of halogens is 1. The Morgan fingerprint density at radius 2 is 1.95 bits per heavy atom. The average Bonchev–Trinajstić information content (AvgIpc) is 2.32. The smallest absolute Gasteiger partial charge is 0.123 e. The van der Waals surface area contributed by atoms with E-state index in [0.29, 0.717) is 5.41 Å². The molecule has 1 nitrogen and oxygen atoms in total. The Morgan fingerprint density at radius 1 is 1.21 bits per heavy atom. The van der Waals surface area contributed by atoms with Crippen LogP contribution in [0, 0.1) is 18.2 Å². The minimum absolute atomic E-state index is 0.152. The molecule has 0 aliphatic rings. The second-order valence-electron chi connectivity index (χ2n) is 6.30. The average molecular weight is 265 g/mol. The van der Waals surface area contributed by atoms with Crippen LogP contribution in [-0.2, 0) is 6.54 Å². The monoisotopic (exact) mass is 265 g/mol. The maximum absolute atomic E-state index is 13.0. The predicted molar refractivity (Wildman–Crippen MR) is 80.8 cm³/mol. The van der Waals surface area contributed by atoms with Gasteiger partial charge in [0, 0.05) is 13.1 Å². The van der Waals surface area contributed by atoms with E-state index in [-0.39, 0.29) is 5.82 Å². The molecule has 0 bridgehead atoms. The van der Waals surface area contributed by atoms with Crippen molar-refractivity contribution in [2.45, 2.75) is 59.9 Å². The van der Waals surface area contributed by atoms with Gasteiger partial charge in [0.1, 0.15) is 5.82 Å². The van der Waals surface area contributed by atoms with Crippen LogP contribution >= 0.6 is 0 Å². The van der Waals surface area contributed by atoms with Gasteiger partial charge in [0.2, 0.25) is 0 Å². The molecule has 0 fully saturated rings. The second kappa shape index (κ2) is 7.64. The lowest BCUT2D eigenvalue weighted by Crippen LogP contribution is -2.29. The summed E-state index contributed by atoms with van der Waals surface area (Å²) in [5.74, 6) is -0.152. The third-order valence-electron chi connectivity index (χ3n) is 3.68. The molecule has 0 spiro atoms. The van der Waals surface area contributed by atoms with Crippen LogP contribution in [0.3, 0.4) is 0 Å². The summed E-state index contributed by atoms with van der Waals surface area (Å²) in [4.78, 5) is 0. The topological polar surface area (TPSA) is 12.0 Å². The molecule has 0 aromatic heterocycles. The van der Waals surface area contributed by atoms with Crippen molar-refractivity contribution in [1.82, 2.24) is 5.32 Å². The number of hydrogen-bond acceptors (Lipinski definition) is 1. The van der Waals surface area contributed by atoms with E-state index >= 15 is 0 Å². The highest BCUT2D eigenvalue weighted by atomic mass is 19.1. The summed E-state index contributed by atoms with van der Waals surface area (Å²) in [7, 11) is 0. The van der Waals surface area contributed by atoms with Gasteiger partial charge in [-0.1, -0.05) is 46.1 Å². The molecule has 1 aromatic carbocycles. The quantitative estimate of drug-likeness (QED) is 0.664. The lowest BCUT2D eigenvalue weighted by Gasteiger charge is -2.25. The van der Waals surface area contributed by atoms with E-state index in [1.807, 2.05) is 13.0 Å². The maximum atomic E-state index is 13.0. The van der Waals surface area contributed by atoms with Gasteiger partial charge in [-0.05, 0) is 42.0 Å². The molecule has 0 amide bonds. The number of rotatable bonds is 8. The summed E-state index contributed by atoms with van der Waals surface area (Å²) in [6, 6.07) is 5.02. The zero-order chi connectivity index (χ0) is 14.3. The summed E-state index contributed by atoms with van der Waals surface area (Å²) in [6.07, 6.45) is 5.16. The van der Waals surface area contributed by atoms with Crippen molar-refractivity contribution in [2.24, 2.45) is 5.41 Å². The molecule has 0 unspecified atom stereocenters. The largest absolute Gasteiger partial charge is 0.312 e. The van der Waals surface area contributed by atoms with Crippen molar-refractivity contribution >= 4 is 0 Å². The van der Waals surface area contributed by atoms with Gasteiger partial charge in [-0.2, -0.15) is 0 Å². The minimum atomic E-state index is -0.152.